The smallest absolute Gasteiger partial charge is 0.257 e. The van der Waals surface area contributed by atoms with Crippen molar-refractivity contribution in [3.05, 3.63) is 59.4 Å². The van der Waals surface area contributed by atoms with Crippen LogP contribution in [0.1, 0.15) is 27.5 Å². The lowest BCUT2D eigenvalue weighted by Gasteiger charge is -2.15. The fourth-order valence-electron chi connectivity index (χ4n) is 2.34. The van der Waals surface area contributed by atoms with E-state index in [-0.39, 0.29) is 5.91 Å². The van der Waals surface area contributed by atoms with E-state index in [4.69, 9.17) is 4.52 Å². The van der Waals surface area contributed by atoms with E-state index in [9.17, 15) is 4.79 Å². The number of nitrogens with zero attached hydrogens (tertiary/aromatic N) is 5. The number of hydrogen-bond acceptors (Lipinski definition) is 5. The second-order valence-electron chi connectivity index (χ2n) is 5.33. The molecule has 1 amide bonds. The lowest BCUT2D eigenvalue weighted by atomic mass is 10.2. The van der Waals surface area contributed by atoms with Crippen LogP contribution < -0.4 is 0 Å². The predicted octanol–water partition coefficient (Wildman–Crippen LogP) is 2.14. The van der Waals surface area contributed by atoms with Gasteiger partial charge in [0, 0.05) is 19.3 Å². The van der Waals surface area contributed by atoms with Crippen LogP contribution in [0.5, 0.6) is 0 Å². The van der Waals surface area contributed by atoms with Crippen molar-refractivity contribution in [1.29, 1.82) is 0 Å². The SMILES string of the molecule is Cc1cc(CN(C)C(=O)c2cnn(-c3ccccn3)c2C)no1. The van der Waals surface area contributed by atoms with E-state index in [2.05, 4.69) is 15.2 Å². The molecular formula is C16H17N5O2. The van der Waals surface area contributed by atoms with E-state index >= 15 is 0 Å². The maximum atomic E-state index is 12.6. The Labute approximate surface area is 133 Å². The molecule has 23 heavy (non-hydrogen) atoms. The van der Waals surface area contributed by atoms with Crippen LogP contribution in [-0.4, -0.2) is 37.8 Å². The molecule has 3 aromatic rings. The number of aromatic nitrogens is 4. The maximum Gasteiger partial charge on any atom is 0.257 e. The minimum Gasteiger partial charge on any atom is -0.361 e. The summed E-state index contributed by atoms with van der Waals surface area (Å²) in [5, 5.41) is 8.18. The van der Waals surface area contributed by atoms with Gasteiger partial charge in [-0.15, -0.1) is 0 Å². The van der Waals surface area contributed by atoms with Crippen LogP contribution in [0.4, 0.5) is 0 Å². The number of carbonyl (C=O) groups excluding carboxylic acids is 1. The second kappa shape index (κ2) is 6.04. The first-order valence-electron chi connectivity index (χ1n) is 7.20. The van der Waals surface area contributed by atoms with Crippen LogP contribution >= 0.6 is 0 Å². The molecule has 0 aromatic carbocycles. The van der Waals surface area contributed by atoms with Gasteiger partial charge in [-0.25, -0.2) is 9.67 Å². The first-order valence-corrected chi connectivity index (χ1v) is 7.20. The molecule has 0 atom stereocenters. The number of carbonyl (C=O) groups is 1. The molecule has 0 unspecified atom stereocenters. The molecule has 0 bridgehead atoms. The van der Waals surface area contributed by atoms with E-state index in [1.165, 1.54) is 0 Å². The molecule has 3 aromatic heterocycles. The lowest BCUT2D eigenvalue weighted by molar-refractivity contribution is 0.0781. The fraction of sp³-hybridized carbons (Fsp3) is 0.250. The molecule has 0 aliphatic carbocycles. The topological polar surface area (TPSA) is 77.1 Å². The van der Waals surface area contributed by atoms with Crippen LogP contribution in [0.25, 0.3) is 5.82 Å². The Morgan fingerprint density at radius 3 is 2.83 bits per heavy atom. The Hall–Kier alpha value is -2.96. The molecule has 0 saturated carbocycles. The minimum absolute atomic E-state index is 0.120. The molecule has 7 heteroatoms. The Bertz CT molecular complexity index is 822. The monoisotopic (exact) mass is 311 g/mol. The van der Waals surface area contributed by atoms with Gasteiger partial charge in [0.1, 0.15) is 11.5 Å². The Morgan fingerprint density at radius 1 is 1.35 bits per heavy atom. The van der Waals surface area contributed by atoms with Crippen molar-refractivity contribution in [3.63, 3.8) is 0 Å². The largest absolute Gasteiger partial charge is 0.361 e. The standard InChI is InChI=1S/C16H17N5O2/c1-11-8-13(19-23-11)10-20(3)16(22)14-9-18-21(12(14)2)15-6-4-5-7-17-15/h4-9H,10H2,1-3H3. The van der Waals surface area contributed by atoms with Crippen molar-refractivity contribution >= 4 is 5.91 Å². The average Bonchev–Trinajstić information content (AvgIpc) is 3.13. The van der Waals surface area contributed by atoms with Gasteiger partial charge in [-0.2, -0.15) is 5.10 Å². The van der Waals surface area contributed by atoms with Crippen molar-refractivity contribution in [1.82, 2.24) is 24.8 Å². The van der Waals surface area contributed by atoms with Crippen LogP contribution in [-0.2, 0) is 6.54 Å². The summed E-state index contributed by atoms with van der Waals surface area (Å²) in [6, 6.07) is 7.37. The van der Waals surface area contributed by atoms with E-state index in [1.807, 2.05) is 38.1 Å². The molecule has 0 fully saturated rings. The zero-order valence-electron chi connectivity index (χ0n) is 13.2. The molecule has 0 radical (unpaired) electrons. The second-order valence-corrected chi connectivity index (χ2v) is 5.33. The van der Waals surface area contributed by atoms with Crippen LogP contribution in [0.15, 0.2) is 41.2 Å². The van der Waals surface area contributed by atoms with Crippen molar-refractivity contribution in [2.24, 2.45) is 0 Å². The lowest BCUT2D eigenvalue weighted by Crippen LogP contribution is -2.26. The summed E-state index contributed by atoms with van der Waals surface area (Å²) >= 11 is 0. The summed E-state index contributed by atoms with van der Waals surface area (Å²) < 4.78 is 6.68. The highest BCUT2D eigenvalue weighted by Gasteiger charge is 2.20. The summed E-state index contributed by atoms with van der Waals surface area (Å²) in [6.07, 6.45) is 3.26. The molecule has 0 saturated heterocycles. The van der Waals surface area contributed by atoms with Crippen molar-refractivity contribution in [2.75, 3.05) is 7.05 Å². The molecule has 0 N–H and O–H groups in total. The summed E-state index contributed by atoms with van der Waals surface area (Å²) in [4.78, 5) is 18.5. The number of pyridine rings is 1. The molecule has 0 spiro atoms. The normalized spacial score (nSPS) is 10.7. The van der Waals surface area contributed by atoms with Crippen molar-refractivity contribution in [3.8, 4) is 5.82 Å². The summed E-state index contributed by atoms with van der Waals surface area (Å²) in [5.74, 6) is 1.28. The highest BCUT2D eigenvalue weighted by Crippen LogP contribution is 2.15. The Morgan fingerprint density at radius 2 is 2.17 bits per heavy atom. The van der Waals surface area contributed by atoms with Crippen molar-refractivity contribution < 1.29 is 9.32 Å². The van der Waals surface area contributed by atoms with Crippen molar-refractivity contribution in [2.45, 2.75) is 20.4 Å². The average molecular weight is 311 g/mol. The van der Waals surface area contributed by atoms with E-state index in [1.54, 1.807) is 29.0 Å². The van der Waals surface area contributed by atoms with Gasteiger partial charge in [-0.3, -0.25) is 4.79 Å². The predicted molar refractivity (Wildman–Crippen MR) is 83.1 cm³/mol. The zero-order valence-corrected chi connectivity index (χ0v) is 13.2. The quantitative estimate of drug-likeness (QED) is 0.738. The van der Waals surface area contributed by atoms with Gasteiger partial charge >= 0.3 is 0 Å². The highest BCUT2D eigenvalue weighted by molar-refractivity contribution is 5.95. The number of aryl methyl sites for hydroxylation is 1. The first-order chi connectivity index (χ1) is 11.1. The third kappa shape index (κ3) is 2.98. The van der Waals surface area contributed by atoms with Gasteiger partial charge in [-0.1, -0.05) is 11.2 Å². The van der Waals surface area contributed by atoms with Gasteiger partial charge in [0.2, 0.25) is 0 Å². The molecule has 7 nitrogen and oxygen atoms in total. The highest BCUT2D eigenvalue weighted by atomic mass is 16.5. The number of hydrogen-bond donors (Lipinski definition) is 0. The van der Waals surface area contributed by atoms with Gasteiger partial charge in [0.25, 0.3) is 5.91 Å². The van der Waals surface area contributed by atoms with Crippen LogP contribution in [0.3, 0.4) is 0 Å². The zero-order chi connectivity index (χ0) is 16.4. The van der Waals surface area contributed by atoms with Crippen LogP contribution in [0.2, 0.25) is 0 Å². The van der Waals surface area contributed by atoms with Gasteiger partial charge in [-0.05, 0) is 26.0 Å². The molecule has 3 heterocycles. The number of rotatable bonds is 4. The van der Waals surface area contributed by atoms with E-state index in [0.29, 0.717) is 23.6 Å². The van der Waals surface area contributed by atoms with E-state index in [0.717, 1.165) is 11.5 Å². The Kier molecular flexibility index (Phi) is 3.92. The summed E-state index contributed by atoms with van der Waals surface area (Å²) in [6.45, 7) is 4.05. The first kappa shape index (κ1) is 15.0. The van der Waals surface area contributed by atoms with Crippen LogP contribution in [0, 0.1) is 13.8 Å². The molecular weight excluding hydrogens is 294 g/mol. The summed E-state index contributed by atoms with van der Waals surface area (Å²) in [7, 11) is 1.73. The molecule has 3 rings (SSSR count). The molecule has 0 aliphatic rings. The fourth-order valence-corrected chi connectivity index (χ4v) is 2.34. The molecule has 118 valence electrons. The Balaban J connectivity index is 1.81. The molecule has 0 aliphatic heterocycles. The third-order valence-electron chi connectivity index (χ3n) is 3.53. The third-order valence-corrected chi connectivity index (χ3v) is 3.53. The van der Waals surface area contributed by atoms with Gasteiger partial charge in [0.15, 0.2) is 5.82 Å². The number of amides is 1. The van der Waals surface area contributed by atoms with Gasteiger partial charge in [0.05, 0.1) is 24.0 Å². The van der Waals surface area contributed by atoms with Gasteiger partial charge < -0.3 is 9.42 Å². The summed E-state index contributed by atoms with van der Waals surface area (Å²) in [5.41, 5.74) is 2.00. The maximum absolute atomic E-state index is 12.6. The minimum atomic E-state index is -0.120. The van der Waals surface area contributed by atoms with E-state index < -0.39 is 0 Å².